The van der Waals surface area contributed by atoms with Crippen molar-refractivity contribution in [2.45, 2.75) is 45.8 Å². The summed E-state index contributed by atoms with van der Waals surface area (Å²) < 4.78 is 0. The van der Waals surface area contributed by atoms with E-state index in [1.807, 2.05) is 14.0 Å². The zero-order chi connectivity index (χ0) is 12.3. The topological polar surface area (TPSA) is 35.5 Å². The van der Waals surface area contributed by atoms with Gasteiger partial charge in [-0.05, 0) is 38.8 Å². The zero-order valence-electron chi connectivity index (χ0n) is 11.5. The quantitative estimate of drug-likeness (QED) is 0.762. The number of rotatable bonds is 4. The van der Waals surface area contributed by atoms with Gasteiger partial charge in [0.1, 0.15) is 0 Å². The summed E-state index contributed by atoms with van der Waals surface area (Å²) >= 11 is 0. The highest BCUT2D eigenvalue weighted by molar-refractivity contribution is 4.87. The van der Waals surface area contributed by atoms with Crippen LogP contribution in [0.4, 0.5) is 0 Å². The molecule has 1 aliphatic heterocycles. The van der Waals surface area contributed by atoms with Crippen molar-refractivity contribution in [1.82, 2.24) is 10.2 Å². The summed E-state index contributed by atoms with van der Waals surface area (Å²) in [6, 6.07) is 0.639. The van der Waals surface area contributed by atoms with Gasteiger partial charge >= 0.3 is 0 Å². The first-order valence-electron chi connectivity index (χ1n) is 6.49. The van der Waals surface area contributed by atoms with Crippen molar-refractivity contribution in [2.75, 3.05) is 26.7 Å². The van der Waals surface area contributed by atoms with Crippen molar-refractivity contribution >= 4 is 0 Å². The van der Waals surface area contributed by atoms with Gasteiger partial charge in [-0.3, -0.25) is 0 Å². The second-order valence-corrected chi connectivity index (χ2v) is 5.91. The van der Waals surface area contributed by atoms with Gasteiger partial charge in [-0.2, -0.15) is 0 Å². The average molecular weight is 228 g/mol. The van der Waals surface area contributed by atoms with Crippen molar-refractivity contribution < 1.29 is 5.11 Å². The Morgan fingerprint density at radius 3 is 2.56 bits per heavy atom. The molecule has 0 bridgehead atoms. The first kappa shape index (κ1) is 13.9. The Morgan fingerprint density at radius 2 is 2.12 bits per heavy atom. The zero-order valence-corrected chi connectivity index (χ0v) is 11.5. The van der Waals surface area contributed by atoms with Crippen LogP contribution >= 0.6 is 0 Å². The number of hydrogen-bond acceptors (Lipinski definition) is 3. The van der Waals surface area contributed by atoms with Gasteiger partial charge in [0.05, 0.1) is 5.60 Å². The monoisotopic (exact) mass is 228 g/mol. The molecule has 0 aromatic carbocycles. The fourth-order valence-corrected chi connectivity index (χ4v) is 2.44. The Hall–Kier alpha value is -0.120. The van der Waals surface area contributed by atoms with Gasteiger partial charge < -0.3 is 15.3 Å². The molecule has 0 spiro atoms. The molecule has 0 radical (unpaired) electrons. The van der Waals surface area contributed by atoms with Crippen LogP contribution in [-0.4, -0.2) is 48.3 Å². The molecule has 2 N–H and O–H groups in total. The highest BCUT2D eigenvalue weighted by Crippen LogP contribution is 2.22. The fraction of sp³-hybridized carbons (Fsp3) is 1.00. The molecular weight excluding hydrogens is 200 g/mol. The van der Waals surface area contributed by atoms with E-state index >= 15 is 0 Å². The SMILES string of the molecule is CNC1CCN(CC(C)(O)C(C)C)CC1C. The Bertz CT molecular complexity index is 216. The Kier molecular flexibility index (Phi) is 4.77. The molecule has 1 saturated heterocycles. The minimum absolute atomic E-state index is 0.310. The van der Waals surface area contributed by atoms with E-state index in [1.54, 1.807) is 0 Å². The first-order valence-corrected chi connectivity index (χ1v) is 6.49. The molecule has 1 fully saturated rings. The van der Waals surface area contributed by atoms with Crippen LogP contribution in [0.2, 0.25) is 0 Å². The van der Waals surface area contributed by atoms with Gasteiger partial charge in [0.25, 0.3) is 0 Å². The summed E-state index contributed by atoms with van der Waals surface area (Å²) in [5, 5.41) is 13.7. The number of nitrogens with zero attached hydrogens (tertiary/aromatic N) is 1. The Morgan fingerprint density at radius 1 is 1.50 bits per heavy atom. The van der Waals surface area contributed by atoms with Crippen LogP contribution in [-0.2, 0) is 0 Å². The van der Waals surface area contributed by atoms with E-state index in [0.717, 1.165) is 19.6 Å². The van der Waals surface area contributed by atoms with E-state index in [2.05, 4.69) is 31.0 Å². The molecule has 1 aliphatic rings. The normalized spacial score (nSPS) is 31.7. The molecule has 1 heterocycles. The highest BCUT2D eigenvalue weighted by atomic mass is 16.3. The maximum atomic E-state index is 10.3. The number of piperidine rings is 1. The summed E-state index contributed by atoms with van der Waals surface area (Å²) in [4.78, 5) is 2.40. The summed E-state index contributed by atoms with van der Waals surface area (Å²) in [6.45, 7) is 11.4. The molecule has 1 rings (SSSR count). The summed E-state index contributed by atoms with van der Waals surface area (Å²) in [7, 11) is 2.04. The van der Waals surface area contributed by atoms with E-state index in [9.17, 15) is 5.11 Å². The van der Waals surface area contributed by atoms with Gasteiger partial charge in [0, 0.05) is 19.1 Å². The second-order valence-electron chi connectivity index (χ2n) is 5.91. The first-order chi connectivity index (χ1) is 7.36. The van der Waals surface area contributed by atoms with E-state index < -0.39 is 5.60 Å². The average Bonchev–Trinajstić information content (AvgIpc) is 2.17. The molecule has 3 nitrogen and oxygen atoms in total. The van der Waals surface area contributed by atoms with Crippen LogP contribution in [0.15, 0.2) is 0 Å². The maximum Gasteiger partial charge on any atom is 0.0768 e. The third-order valence-corrected chi connectivity index (χ3v) is 4.15. The molecule has 0 aromatic heterocycles. The molecule has 0 aromatic rings. The van der Waals surface area contributed by atoms with Crippen LogP contribution in [0.3, 0.4) is 0 Å². The van der Waals surface area contributed by atoms with Crippen LogP contribution in [0.5, 0.6) is 0 Å². The fourth-order valence-electron chi connectivity index (χ4n) is 2.44. The standard InChI is InChI=1S/C13H28N2O/c1-10(2)13(4,16)9-15-7-6-12(14-5)11(3)8-15/h10-12,14,16H,6-9H2,1-5H3. The van der Waals surface area contributed by atoms with Crippen LogP contribution < -0.4 is 5.32 Å². The lowest BCUT2D eigenvalue weighted by molar-refractivity contribution is -0.0294. The number of aliphatic hydroxyl groups is 1. The number of likely N-dealkylation sites (tertiary alicyclic amines) is 1. The van der Waals surface area contributed by atoms with E-state index in [0.29, 0.717) is 17.9 Å². The van der Waals surface area contributed by atoms with Crippen molar-refractivity contribution in [2.24, 2.45) is 11.8 Å². The summed E-state index contributed by atoms with van der Waals surface area (Å²) in [5.41, 5.74) is -0.563. The second kappa shape index (κ2) is 5.48. The molecule has 0 aliphatic carbocycles. The molecule has 96 valence electrons. The van der Waals surface area contributed by atoms with Gasteiger partial charge in [-0.15, -0.1) is 0 Å². The maximum absolute atomic E-state index is 10.3. The largest absolute Gasteiger partial charge is 0.389 e. The smallest absolute Gasteiger partial charge is 0.0768 e. The van der Waals surface area contributed by atoms with Gasteiger partial charge in [0.2, 0.25) is 0 Å². The van der Waals surface area contributed by atoms with Gasteiger partial charge in [-0.1, -0.05) is 20.8 Å². The molecule has 16 heavy (non-hydrogen) atoms. The van der Waals surface area contributed by atoms with E-state index in [1.165, 1.54) is 6.42 Å². The van der Waals surface area contributed by atoms with Crippen molar-refractivity contribution in [3.8, 4) is 0 Å². The highest BCUT2D eigenvalue weighted by Gasteiger charge is 2.31. The van der Waals surface area contributed by atoms with E-state index in [4.69, 9.17) is 0 Å². The van der Waals surface area contributed by atoms with Gasteiger partial charge in [0.15, 0.2) is 0 Å². The summed E-state index contributed by atoms with van der Waals surface area (Å²) in [6.07, 6.45) is 1.19. The number of β-amino-alcohol motifs (C(OH)–C–C–N with tert-alkyl or cyclic N) is 1. The number of nitrogens with one attached hydrogen (secondary N) is 1. The third-order valence-electron chi connectivity index (χ3n) is 4.15. The lowest BCUT2D eigenvalue weighted by Gasteiger charge is -2.41. The lowest BCUT2D eigenvalue weighted by atomic mass is 9.89. The predicted molar refractivity (Wildman–Crippen MR) is 68.5 cm³/mol. The van der Waals surface area contributed by atoms with Crippen LogP contribution in [0.25, 0.3) is 0 Å². The Labute approximate surface area is 100 Å². The minimum Gasteiger partial charge on any atom is -0.389 e. The summed E-state index contributed by atoms with van der Waals surface area (Å²) in [5.74, 6) is 0.978. The molecule has 3 atom stereocenters. The van der Waals surface area contributed by atoms with Gasteiger partial charge in [-0.25, -0.2) is 0 Å². The predicted octanol–water partition coefficient (Wildman–Crippen LogP) is 1.32. The lowest BCUT2D eigenvalue weighted by Crippen LogP contribution is -2.52. The van der Waals surface area contributed by atoms with Crippen LogP contribution in [0, 0.1) is 11.8 Å². The molecule has 3 unspecified atom stereocenters. The van der Waals surface area contributed by atoms with E-state index in [-0.39, 0.29) is 0 Å². The van der Waals surface area contributed by atoms with Crippen LogP contribution in [0.1, 0.15) is 34.1 Å². The van der Waals surface area contributed by atoms with Crippen molar-refractivity contribution in [1.29, 1.82) is 0 Å². The molecule has 3 heteroatoms. The minimum atomic E-state index is -0.563. The number of hydrogen-bond donors (Lipinski definition) is 2. The third kappa shape index (κ3) is 3.44. The molecular formula is C13H28N2O. The van der Waals surface area contributed by atoms with Crippen molar-refractivity contribution in [3.05, 3.63) is 0 Å². The Balaban J connectivity index is 2.47. The molecule has 0 saturated carbocycles. The van der Waals surface area contributed by atoms with Crippen molar-refractivity contribution in [3.63, 3.8) is 0 Å². The molecule has 0 amide bonds.